The second kappa shape index (κ2) is 5.12. The molecular formula is C19H16OS. The molecule has 0 amide bonds. The Balaban J connectivity index is 1.81. The van der Waals surface area contributed by atoms with E-state index in [0.29, 0.717) is 5.92 Å². The lowest BCUT2D eigenvalue weighted by atomic mass is 9.77. The smallest absolute Gasteiger partial charge is 0.194 e. The summed E-state index contributed by atoms with van der Waals surface area (Å²) in [6.07, 6.45) is 3.72. The van der Waals surface area contributed by atoms with Crippen LogP contribution in [0.25, 0.3) is 10.1 Å². The van der Waals surface area contributed by atoms with E-state index in [0.717, 1.165) is 16.5 Å². The maximum absolute atomic E-state index is 13.0. The predicted octanol–water partition coefficient (Wildman–Crippen LogP) is 5.40. The molecule has 1 fully saturated rings. The Morgan fingerprint density at radius 1 is 0.952 bits per heavy atom. The van der Waals surface area contributed by atoms with Crippen molar-refractivity contribution in [1.29, 1.82) is 0 Å². The molecule has 1 aliphatic carbocycles. The molecule has 0 spiro atoms. The summed E-state index contributed by atoms with van der Waals surface area (Å²) in [6.45, 7) is 0. The average molecular weight is 292 g/mol. The van der Waals surface area contributed by atoms with Crippen LogP contribution in [0.4, 0.5) is 0 Å². The fourth-order valence-electron chi connectivity index (χ4n) is 3.08. The first-order valence-electron chi connectivity index (χ1n) is 7.44. The van der Waals surface area contributed by atoms with Gasteiger partial charge in [-0.05, 0) is 30.4 Å². The van der Waals surface area contributed by atoms with Gasteiger partial charge in [-0.1, -0.05) is 48.9 Å². The van der Waals surface area contributed by atoms with Crippen molar-refractivity contribution in [3.8, 4) is 0 Å². The molecule has 0 bridgehead atoms. The topological polar surface area (TPSA) is 17.1 Å². The third-order valence-electron chi connectivity index (χ3n) is 4.48. The molecule has 21 heavy (non-hydrogen) atoms. The Morgan fingerprint density at radius 2 is 1.71 bits per heavy atom. The number of carbonyl (C=O) groups is 1. The lowest BCUT2D eigenvalue weighted by Crippen LogP contribution is -2.14. The van der Waals surface area contributed by atoms with Crippen LogP contribution in [-0.4, -0.2) is 5.78 Å². The molecule has 1 saturated carbocycles. The summed E-state index contributed by atoms with van der Waals surface area (Å²) in [7, 11) is 0. The highest BCUT2D eigenvalue weighted by molar-refractivity contribution is 7.17. The van der Waals surface area contributed by atoms with E-state index >= 15 is 0 Å². The van der Waals surface area contributed by atoms with E-state index in [9.17, 15) is 4.79 Å². The quantitative estimate of drug-likeness (QED) is 0.591. The summed E-state index contributed by atoms with van der Waals surface area (Å²) >= 11 is 1.65. The molecule has 0 unspecified atom stereocenters. The second-order valence-electron chi connectivity index (χ2n) is 5.69. The zero-order valence-corrected chi connectivity index (χ0v) is 12.5. The van der Waals surface area contributed by atoms with E-state index in [2.05, 4.69) is 18.2 Å². The summed E-state index contributed by atoms with van der Waals surface area (Å²) in [5.41, 5.74) is 2.98. The number of hydrogen-bond acceptors (Lipinski definition) is 2. The fourth-order valence-corrected chi connectivity index (χ4v) is 4.02. The Hall–Kier alpha value is -1.93. The molecule has 1 aromatic heterocycles. The minimum absolute atomic E-state index is 0.176. The summed E-state index contributed by atoms with van der Waals surface area (Å²) in [4.78, 5) is 13.0. The molecule has 1 heterocycles. The lowest BCUT2D eigenvalue weighted by molar-refractivity contribution is 0.103. The molecule has 104 valence electrons. The molecule has 0 atom stereocenters. The number of ketones is 1. The number of rotatable bonds is 3. The molecular weight excluding hydrogens is 276 g/mol. The monoisotopic (exact) mass is 292 g/mol. The first-order valence-corrected chi connectivity index (χ1v) is 8.32. The minimum Gasteiger partial charge on any atom is -0.289 e. The van der Waals surface area contributed by atoms with Crippen LogP contribution in [-0.2, 0) is 0 Å². The van der Waals surface area contributed by atoms with E-state index < -0.39 is 0 Å². The number of thiophene rings is 1. The third kappa shape index (κ3) is 2.11. The zero-order valence-electron chi connectivity index (χ0n) is 11.7. The van der Waals surface area contributed by atoms with Gasteiger partial charge < -0.3 is 0 Å². The highest BCUT2D eigenvalue weighted by Gasteiger charge is 2.25. The van der Waals surface area contributed by atoms with Crippen molar-refractivity contribution in [3.63, 3.8) is 0 Å². The molecule has 0 N–H and O–H groups in total. The van der Waals surface area contributed by atoms with Crippen molar-refractivity contribution in [3.05, 3.63) is 70.6 Å². The first kappa shape index (κ1) is 12.8. The number of hydrogen-bond donors (Lipinski definition) is 0. The summed E-state index contributed by atoms with van der Waals surface area (Å²) < 4.78 is 1.18. The van der Waals surface area contributed by atoms with Crippen molar-refractivity contribution in [2.45, 2.75) is 25.2 Å². The highest BCUT2D eigenvalue weighted by atomic mass is 32.1. The van der Waals surface area contributed by atoms with E-state index in [1.54, 1.807) is 11.3 Å². The number of fused-ring (bicyclic) bond motifs is 1. The molecule has 0 radical (unpaired) electrons. The lowest BCUT2D eigenvalue weighted by Gasteiger charge is -2.27. The van der Waals surface area contributed by atoms with Gasteiger partial charge in [0.15, 0.2) is 5.78 Å². The van der Waals surface area contributed by atoms with E-state index in [1.165, 1.54) is 29.5 Å². The molecule has 0 saturated heterocycles. The molecule has 4 rings (SSSR count). The Morgan fingerprint density at radius 3 is 2.52 bits per heavy atom. The van der Waals surface area contributed by atoms with Gasteiger partial charge in [-0.3, -0.25) is 4.79 Å². The molecule has 3 aromatic rings. The Kier molecular flexibility index (Phi) is 3.12. The van der Waals surface area contributed by atoms with Crippen LogP contribution in [0.3, 0.4) is 0 Å². The summed E-state index contributed by atoms with van der Waals surface area (Å²) in [5, 5.41) is 3.08. The molecule has 0 aliphatic heterocycles. The van der Waals surface area contributed by atoms with Crippen LogP contribution in [0.2, 0.25) is 0 Å². The van der Waals surface area contributed by atoms with Gasteiger partial charge in [0.25, 0.3) is 0 Å². The zero-order chi connectivity index (χ0) is 14.2. The normalized spacial score (nSPS) is 15.0. The fraction of sp³-hybridized carbons (Fsp3) is 0.211. The van der Waals surface area contributed by atoms with Crippen molar-refractivity contribution in [2.75, 3.05) is 0 Å². The van der Waals surface area contributed by atoms with Gasteiger partial charge in [0.1, 0.15) is 0 Å². The van der Waals surface area contributed by atoms with Gasteiger partial charge >= 0.3 is 0 Å². The SMILES string of the molecule is O=C(c1ccccc1C1CCC1)c1csc2ccccc12. The van der Waals surface area contributed by atoms with Crippen LogP contribution >= 0.6 is 11.3 Å². The van der Waals surface area contributed by atoms with Crippen molar-refractivity contribution < 1.29 is 4.79 Å². The van der Waals surface area contributed by atoms with Gasteiger partial charge in [-0.15, -0.1) is 11.3 Å². The Labute approximate surface area is 128 Å². The van der Waals surface area contributed by atoms with Gasteiger partial charge in [0.2, 0.25) is 0 Å². The van der Waals surface area contributed by atoms with Crippen molar-refractivity contribution in [1.82, 2.24) is 0 Å². The largest absolute Gasteiger partial charge is 0.289 e. The van der Waals surface area contributed by atoms with Gasteiger partial charge in [-0.25, -0.2) is 0 Å². The second-order valence-corrected chi connectivity index (χ2v) is 6.60. The van der Waals surface area contributed by atoms with Crippen LogP contribution in [0.1, 0.15) is 46.7 Å². The molecule has 2 heteroatoms. The standard InChI is InChI=1S/C19H16OS/c20-19(17-12-21-18-11-4-3-9-15(17)18)16-10-2-1-8-14(16)13-6-5-7-13/h1-4,8-13H,5-7H2. The van der Waals surface area contributed by atoms with Gasteiger partial charge in [0, 0.05) is 26.6 Å². The predicted molar refractivity (Wildman–Crippen MR) is 88.3 cm³/mol. The van der Waals surface area contributed by atoms with Crippen molar-refractivity contribution in [2.24, 2.45) is 0 Å². The van der Waals surface area contributed by atoms with Gasteiger partial charge in [0.05, 0.1) is 0 Å². The highest BCUT2D eigenvalue weighted by Crippen LogP contribution is 2.39. The minimum atomic E-state index is 0.176. The number of carbonyl (C=O) groups excluding carboxylic acids is 1. The Bertz CT molecular complexity index is 811. The summed E-state index contributed by atoms with van der Waals surface area (Å²) in [6, 6.07) is 16.3. The molecule has 1 nitrogen and oxygen atoms in total. The van der Waals surface area contributed by atoms with Crippen LogP contribution in [0.5, 0.6) is 0 Å². The summed E-state index contributed by atoms with van der Waals surface area (Å²) in [5.74, 6) is 0.755. The van der Waals surface area contributed by atoms with E-state index in [4.69, 9.17) is 0 Å². The first-order chi connectivity index (χ1) is 10.3. The number of benzene rings is 2. The van der Waals surface area contributed by atoms with Crippen LogP contribution < -0.4 is 0 Å². The average Bonchev–Trinajstić information content (AvgIpc) is 2.89. The molecule has 2 aromatic carbocycles. The third-order valence-corrected chi connectivity index (χ3v) is 5.44. The van der Waals surface area contributed by atoms with Crippen molar-refractivity contribution >= 4 is 27.2 Å². The maximum Gasteiger partial charge on any atom is 0.194 e. The van der Waals surface area contributed by atoms with Crippen LogP contribution in [0, 0.1) is 0 Å². The maximum atomic E-state index is 13.0. The van der Waals surface area contributed by atoms with E-state index in [1.807, 2.05) is 35.7 Å². The van der Waals surface area contributed by atoms with E-state index in [-0.39, 0.29) is 5.78 Å². The van der Waals surface area contributed by atoms with Gasteiger partial charge in [-0.2, -0.15) is 0 Å². The van der Waals surface area contributed by atoms with Crippen LogP contribution in [0.15, 0.2) is 53.9 Å². The molecule has 1 aliphatic rings.